The van der Waals surface area contributed by atoms with Gasteiger partial charge in [-0.15, -0.1) is 0 Å². The van der Waals surface area contributed by atoms with E-state index in [9.17, 15) is 0 Å². The minimum atomic E-state index is 0.348. The average Bonchev–Trinajstić information content (AvgIpc) is 2.46. The topological polar surface area (TPSA) is 49.3 Å². The molecule has 0 aliphatic heterocycles. The van der Waals surface area contributed by atoms with Crippen LogP contribution in [0.15, 0.2) is 29.5 Å². The zero-order valence-electron chi connectivity index (χ0n) is 11.5. The van der Waals surface area contributed by atoms with Crippen LogP contribution in [0.2, 0.25) is 0 Å². The zero-order chi connectivity index (χ0) is 15.4. The fourth-order valence-corrected chi connectivity index (χ4v) is 1.37. The number of hydrogen-bond donors (Lipinski definition) is 2. The molecule has 20 heavy (non-hydrogen) atoms. The number of aromatic nitrogens is 1. The van der Waals surface area contributed by atoms with E-state index in [4.69, 9.17) is 12.2 Å². The van der Waals surface area contributed by atoms with E-state index in [0.29, 0.717) is 11.2 Å². The second-order valence-corrected chi connectivity index (χ2v) is 5.81. The zero-order valence-corrected chi connectivity index (χ0v) is 14.7. The number of nitrogens with zero attached hydrogens (tertiary/aromatic N) is 2. The van der Waals surface area contributed by atoms with Gasteiger partial charge in [0.1, 0.15) is 0 Å². The molecule has 0 radical (unpaired) electrons. The first kappa shape index (κ1) is 19.6. The Balaban J connectivity index is 0.00000110. The summed E-state index contributed by atoms with van der Waals surface area (Å²) in [5, 5.41) is 7.85. The molecule has 8 heteroatoms. The first-order valence-corrected chi connectivity index (χ1v) is 8.88. The Morgan fingerprint density at radius 3 is 2.65 bits per heavy atom. The third kappa shape index (κ3) is 9.50. The van der Waals surface area contributed by atoms with E-state index < -0.39 is 0 Å². The first-order valence-electron chi connectivity index (χ1n) is 5.88. The monoisotopic (exact) mass is 383 g/mol. The molecule has 0 aromatic carbocycles. The number of hydrazone groups is 1. The number of rotatable bonds is 4. The Morgan fingerprint density at radius 2 is 2.15 bits per heavy atom. The van der Waals surface area contributed by atoms with Crippen LogP contribution in [0.5, 0.6) is 0 Å². The van der Waals surface area contributed by atoms with Crippen LogP contribution in [0.4, 0.5) is 0 Å². The fourth-order valence-electron chi connectivity index (χ4n) is 1.13. The van der Waals surface area contributed by atoms with E-state index in [0.717, 1.165) is 31.0 Å². The van der Waals surface area contributed by atoms with E-state index >= 15 is 0 Å². The molecule has 0 saturated heterocycles. The average molecular weight is 385 g/mol. The molecule has 117 valence electrons. The molecule has 0 bridgehead atoms. The summed E-state index contributed by atoms with van der Waals surface area (Å²) < 4.78 is 0. The number of hydrogen-bond acceptors (Lipinski definition) is 3. The molecule has 0 aliphatic rings. The number of thiocarbonyl (C=S) groups is 1. The van der Waals surface area contributed by atoms with Crippen molar-refractivity contribution in [2.45, 2.75) is 33.2 Å². The maximum atomic E-state index is 5.12. The molecule has 0 spiro atoms. The van der Waals surface area contributed by atoms with Crippen molar-refractivity contribution >= 4 is 43.2 Å². The van der Waals surface area contributed by atoms with Gasteiger partial charge in [-0.05, 0) is 44.6 Å². The van der Waals surface area contributed by atoms with Crippen LogP contribution in [0.25, 0.3) is 0 Å². The summed E-state index contributed by atoms with van der Waals surface area (Å²) in [4.78, 5) is 4.20. The summed E-state index contributed by atoms with van der Waals surface area (Å²) in [6.07, 6.45) is 2.76. The number of nitrogens with one attached hydrogen (secondary N) is 2. The molecule has 1 aromatic heterocycles. The molecule has 1 atom stereocenters. The summed E-state index contributed by atoms with van der Waals surface area (Å²) in [5.74, 6) is 0. The van der Waals surface area contributed by atoms with E-state index in [-0.39, 0.29) is 0 Å². The summed E-state index contributed by atoms with van der Waals surface area (Å²) >= 11 is 5.87. The second-order valence-electron chi connectivity index (χ2n) is 3.85. The molecule has 0 fully saturated rings. The van der Waals surface area contributed by atoms with E-state index in [2.05, 4.69) is 54.9 Å². The van der Waals surface area contributed by atoms with Gasteiger partial charge in [-0.3, -0.25) is 10.4 Å². The van der Waals surface area contributed by atoms with Gasteiger partial charge < -0.3 is 5.32 Å². The molecule has 0 saturated carbocycles. The number of halogens is 2. The summed E-state index contributed by atoms with van der Waals surface area (Å²) in [7, 11) is 9.34. The normalized spacial score (nSPS) is 12.2. The molecule has 1 aromatic rings. The Hall–Kier alpha value is -0.391. The van der Waals surface area contributed by atoms with Gasteiger partial charge in [0.05, 0.1) is 11.4 Å². The van der Waals surface area contributed by atoms with Crippen LogP contribution in [0.1, 0.15) is 32.9 Å². The molecule has 1 unspecified atom stereocenters. The molecular weight excluding hydrogens is 367 g/mol. The van der Waals surface area contributed by atoms with Gasteiger partial charge in [0.2, 0.25) is 0 Å². The first-order chi connectivity index (χ1) is 9.54. The summed E-state index contributed by atoms with van der Waals surface area (Å²) in [6, 6.07) is 6.06. The van der Waals surface area contributed by atoms with Gasteiger partial charge in [0.15, 0.2) is 5.11 Å². The van der Waals surface area contributed by atoms with Crippen LogP contribution in [-0.4, -0.2) is 21.8 Å². The third-order valence-electron chi connectivity index (χ3n) is 2.35. The van der Waals surface area contributed by atoms with Gasteiger partial charge >= 0.3 is 33.3 Å². The minimum absolute atomic E-state index is 0.348. The molecule has 2 N–H and O–H groups in total. The Morgan fingerprint density at radius 1 is 1.50 bits per heavy atom. The van der Waals surface area contributed by atoms with Crippen molar-refractivity contribution in [2.24, 2.45) is 5.10 Å². The van der Waals surface area contributed by atoms with Crippen molar-refractivity contribution in [3.63, 3.8) is 0 Å². The van der Waals surface area contributed by atoms with E-state index in [1.54, 1.807) is 6.20 Å². The Labute approximate surface area is 140 Å². The Bertz CT molecular complexity index is 417. The van der Waals surface area contributed by atoms with Crippen molar-refractivity contribution in [2.75, 3.05) is 0 Å². The van der Waals surface area contributed by atoms with Crippen LogP contribution in [-0.2, 0) is 13.1 Å². The van der Waals surface area contributed by atoms with Crippen molar-refractivity contribution in [1.29, 1.82) is 0 Å². The van der Waals surface area contributed by atoms with Crippen molar-refractivity contribution in [3.8, 4) is 0 Å². The van der Waals surface area contributed by atoms with Gasteiger partial charge in [-0.25, -0.2) is 0 Å². The molecule has 0 aliphatic carbocycles. The maximum absolute atomic E-state index is 5.12. The van der Waals surface area contributed by atoms with Gasteiger partial charge in [0.25, 0.3) is 0 Å². The van der Waals surface area contributed by atoms with E-state index in [1.165, 1.54) is 0 Å². The number of pyridine rings is 1. The molecule has 0 amide bonds. The van der Waals surface area contributed by atoms with Crippen LogP contribution < -0.4 is 10.7 Å². The SMILES string of the molecule is CCC(C)NC(=S)N/N=C(\C)c1ccccn1.[Cl][Cu][Cl]. The van der Waals surface area contributed by atoms with Gasteiger partial charge in [-0.1, -0.05) is 13.0 Å². The third-order valence-corrected chi connectivity index (χ3v) is 2.56. The van der Waals surface area contributed by atoms with Crippen molar-refractivity contribution < 1.29 is 13.1 Å². The summed E-state index contributed by atoms with van der Waals surface area (Å²) in [6.45, 7) is 6.06. The predicted molar refractivity (Wildman–Crippen MR) is 86.8 cm³/mol. The molecule has 1 rings (SSSR count). The van der Waals surface area contributed by atoms with Crippen LogP contribution in [0.3, 0.4) is 0 Å². The second kappa shape index (κ2) is 12.4. The van der Waals surface area contributed by atoms with Crippen molar-refractivity contribution in [1.82, 2.24) is 15.7 Å². The standard InChI is InChI=1S/C12H18N4S.2ClH.Cu/c1-4-9(2)14-12(17)16-15-10(3)11-7-5-6-8-13-11;;;/h5-9H,4H2,1-3H3,(H2,14,16,17);2*1H;/q;;;+2/p-2/b15-10+;;;. The van der Waals surface area contributed by atoms with Crippen LogP contribution in [0, 0.1) is 0 Å². The quantitative estimate of drug-likeness (QED) is 0.361. The van der Waals surface area contributed by atoms with Crippen LogP contribution >= 0.6 is 32.4 Å². The van der Waals surface area contributed by atoms with Gasteiger partial charge in [-0.2, -0.15) is 5.10 Å². The fraction of sp³-hybridized carbons (Fsp3) is 0.417. The Kier molecular flexibility index (Phi) is 12.1. The molecular formula is C12H18Cl2CuN4S. The predicted octanol–water partition coefficient (Wildman–Crippen LogP) is 3.44. The molecule has 4 nitrogen and oxygen atoms in total. The van der Waals surface area contributed by atoms with Crippen molar-refractivity contribution in [3.05, 3.63) is 30.1 Å². The molecule has 1 heterocycles. The van der Waals surface area contributed by atoms with E-state index in [1.807, 2.05) is 25.1 Å². The van der Waals surface area contributed by atoms with Gasteiger partial charge in [0, 0.05) is 12.2 Å². The summed E-state index contributed by atoms with van der Waals surface area (Å²) in [5.41, 5.74) is 4.46.